The number of aliphatic hydroxyl groups is 1. The maximum absolute atomic E-state index is 9.56. The van der Waals surface area contributed by atoms with E-state index < -0.39 is 0 Å². The largest absolute Gasteiger partial charge is 0.388 e. The Morgan fingerprint density at radius 2 is 1.71 bits per heavy atom. The molecule has 0 bridgehead atoms. The fourth-order valence-corrected chi connectivity index (χ4v) is 4.19. The summed E-state index contributed by atoms with van der Waals surface area (Å²) in [5, 5.41) is 18.9. The Hall–Kier alpha value is -3.61. The molecule has 2 aromatic carbocycles. The first-order chi connectivity index (χ1) is 15.2. The van der Waals surface area contributed by atoms with Crippen molar-refractivity contribution in [3.63, 3.8) is 0 Å². The van der Waals surface area contributed by atoms with Gasteiger partial charge in [-0.05, 0) is 36.1 Å². The molecular weight excluding hydrogens is 386 g/mol. The molecule has 31 heavy (non-hydrogen) atoms. The van der Waals surface area contributed by atoms with Crippen LogP contribution in [-0.4, -0.2) is 24.7 Å². The SMILES string of the molecule is NC1(c2ccc(-c3nc4ccn5c(CO)nnc5c4cc3-c3ccccc3)cc2)CC1. The van der Waals surface area contributed by atoms with E-state index in [4.69, 9.17) is 10.7 Å². The number of rotatable bonds is 4. The molecule has 0 amide bonds. The van der Waals surface area contributed by atoms with E-state index in [0.717, 1.165) is 46.1 Å². The van der Waals surface area contributed by atoms with E-state index in [1.54, 1.807) is 0 Å². The Balaban J connectivity index is 1.59. The number of aromatic nitrogens is 4. The third-order valence-electron chi connectivity index (χ3n) is 6.19. The van der Waals surface area contributed by atoms with Gasteiger partial charge in [-0.3, -0.25) is 4.40 Å². The number of aliphatic hydroxyl groups excluding tert-OH is 1. The van der Waals surface area contributed by atoms with E-state index in [2.05, 4.69) is 52.7 Å². The van der Waals surface area contributed by atoms with Gasteiger partial charge in [0.05, 0.1) is 11.2 Å². The molecule has 3 heterocycles. The summed E-state index contributed by atoms with van der Waals surface area (Å²) in [7, 11) is 0. The van der Waals surface area contributed by atoms with Crippen molar-refractivity contribution in [3.05, 3.63) is 84.3 Å². The second-order valence-corrected chi connectivity index (χ2v) is 8.20. The Morgan fingerprint density at radius 3 is 2.42 bits per heavy atom. The first kappa shape index (κ1) is 18.2. The number of fused-ring (bicyclic) bond motifs is 3. The summed E-state index contributed by atoms with van der Waals surface area (Å²) in [6, 6.07) is 22.8. The molecule has 3 aromatic heterocycles. The number of nitrogens with zero attached hydrogens (tertiary/aromatic N) is 4. The molecular formula is C25H21N5O. The van der Waals surface area contributed by atoms with Gasteiger partial charge in [0.1, 0.15) is 6.61 Å². The molecule has 6 nitrogen and oxygen atoms in total. The maximum atomic E-state index is 9.56. The van der Waals surface area contributed by atoms with Gasteiger partial charge >= 0.3 is 0 Å². The van der Waals surface area contributed by atoms with E-state index >= 15 is 0 Å². The van der Waals surface area contributed by atoms with Gasteiger partial charge in [0.2, 0.25) is 0 Å². The molecule has 1 saturated carbocycles. The van der Waals surface area contributed by atoms with Crippen LogP contribution in [0.3, 0.4) is 0 Å². The second kappa shape index (κ2) is 6.70. The molecule has 0 saturated heterocycles. The monoisotopic (exact) mass is 407 g/mol. The molecule has 0 spiro atoms. The van der Waals surface area contributed by atoms with Gasteiger partial charge in [0, 0.05) is 28.2 Å². The second-order valence-electron chi connectivity index (χ2n) is 8.20. The van der Waals surface area contributed by atoms with Crippen LogP contribution >= 0.6 is 0 Å². The van der Waals surface area contributed by atoms with Gasteiger partial charge in [0.25, 0.3) is 0 Å². The van der Waals surface area contributed by atoms with Gasteiger partial charge in [-0.25, -0.2) is 4.98 Å². The molecule has 6 rings (SSSR count). The summed E-state index contributed by atoms with van der Waals surface area (Å²) in [4.78, 5) is 5.04. The Bertz CT molecular complexity index is 1420. The zero-order valence-corrected chi connectivity index (χ0v) is 16.9. The average molecular weight is 407 g/mol. The molecule has 1 fully saturated rings. The molecule has 5 aromatic rings. The van der Waals surface area contributed by atoms with Crippen molar-refractivity contribution in [2.24, 2.45) is 5.73 Å². The number of nitrogens with two attached hydrogens (primary N) is 1. The highest BCUT2D eigenvalue weighted by Gasteiger charge is 2.39. The standard InChI is InChI=1S/C25H21N5O/c26-25(11-12-25)18-8-6-17(7-9-18)23-19(16-4-2-1-3-5-16)14-20-21(27-23)10-13-30-22(15-31)28-29-24(20)30/h1-10,13-14,31H,11-12,15,26H2. The molecule has 3 N–H and O–H groups in total. The third kappa shape index (κ3) is 2.91. The minimum atomic E-state index is -0.168. The Labute approximate surface area is 179 Å². The zero-order chi connectivity index (χ0) is 21.0. The molecule has 1 aliphatic rings. The van der Waals surface area contributed by atoms with Crippen LogP contribution in [0.4, 0.5) is 0 Å². The maximum Gasteiger partial charge on any atom is 0.170 e. The van der Waals surface area contributed by atoms with E-state index in [-0.39, 0.29) is 12.1 Å². The third-order valence-corrected chi connectivity index (χ3v) is 6.19. The van der Waals surface area contributed by atoms with Crippen LogP contribution in [0.15, 0.2) is 72.9 Å². The predicted molar refractivity (Wildman–Crippen MR) is 120 cm³/mol. The molecule has 152 valence electrons. The van der Waals surface area contributed by atoms with Crippen molar-refractivity contribution < 1.29 is 5.11 Å². The highest BCUT2D eigenvalue weighted by Crippen LogP contribution is 2.43. The van der Waals surface area contributed by atoms with Crippen molar-refractivity contribution in [2.75, 3.05) is 0 Å². The highest BCUT2D eigenvalue weighted by atomic mass is 16.3. The predicted octanol–water partition coefficient (Wildman–Crippen LogP) is 4.05. The minimum Gasteiger partial charge on any atom is -0.388 e. The van der Waals surface area contributed by atoms with Crippen molar-refractivity contribution >= 4 is 16.6 Å². The van der Waals surface area contributed by atoms with Gasteiger partial charge in [-0.2, -0.15) is 0 Å². The van der Waals surface area contributed by atoms with Gasteiger partial charge in [0.15, 0.2) is 11.5 Å². The molecule has 0 atom stereocenters. The van der Waals surface area contributed by atoms with Crippen molar-refractivity contribution in [3.8, 4) is 22.4 Å². The minimum absolute atomic E-state index is 0.151. The first-order valence-corrected chi connectivity index (χ1v) is 10.4. The van der Waals surface area contributed by atoms with E-state index in [9.17, 15) is 5.11 Å². The number of hydrogen-bond donors (Lipinski definition) is 2. The first-order valence-electron chi connectivity index (χ1n) is 10.4. The van der Waals surface area contributed by atoms with Crippen molar-refractivity contribution in [1.29, 1.82) is 0 Å². The lowest BCUT2D eigenvalue weighted by atomic mass is 9.96. The number of hydrogen-bond acceptors (Lipinski definition) is 5. The molecule has 1 aliphatic carbocycles. The van der Waals surface area contributed by atoms with Gasteiger partial charge < -0.3 is 10.8 Å². The highest BCUT2D eigenvalue weighted by molar-refractivity contribution is 5.98. The van der Waals surface area contributed by atoms with E-state index in [1.165, 1.54) is 5.56 Å². The lowest BCUT2D eigenvalue weighted by Crippen LogP contribution is -2.18. The molecule has 6 heteroatoms. The quantitative estimate of drug-likeness (QED) is 0.469. The topological polar surface area (TPSA) is 89.3 Å². The lowest BCUT2D eigenvalue weighted by molar-refractivity contribution is 0.270. The zero-order valence-electron chi connectivity index (χ0n) is 16.9. The number of pyridine rings is 2. The van der Waals surface area contributed by atoms with Crippen molar-refractivity contribution in [2.45, 2.75) is 25.0 Å². The fourth-order valence-electron chi connectivity index (χ4n) is 4.19. The van der Waals surface area contributed by atoms with Gasteiger partial charge in [-0.15, -0.1) is 10.2 Å². The summed E-state index contributed by atoms with van der Waals surface area (Å²) >= 11 is 0. The van der Waals surface area contributed by atoms with E-state index in [0.29, 0.717) is 11.5 Å². The molecule has 0 radical (unpaired) electrons. The van der Waals surface area contributed by atoms with Gasteiger partial charge in [-0.1, -0.05) is 54.6 Å². The van der Waals surface area contributed by atoms with Crippen LogP contribution in [0.1, 0.15) is 24.2 Å². The van der Waals surface area contributed by atoms with Crippen LogP contribution < -0.4 is 5.73 Å². The summed E-state index contributed by atoms with van der Waals surface area (Å²) < 4.78 is 1.81. The summed E-state index contributed by atoms with van der Waals surface area (Å²) in [5.41, 5.74) is 13.0. The van der Waals surface area contributed by atoms with Crippen LogP contribution in [0.25, 0.3) is 38.9 Å². The van der Waals surface area contributed by atoms with E-state index in [1.807, 2.05) is 34.9 Å². The average Bonchev–Trinajstić information content (AvgIpc) is 3.43. The Kier molecular flexibility index (Phi) is 3.93. The summed E-state index contributed by atoms with van der Waals surface area (Å²) in [5.74, 6) is 0.508. The fraction of sp³-hybridized carbons (Fsp3) is 0.160. The molecule has 0 aliphatic heterocycles. The van der Waals surface area contributed by atoms with Crippen molar-refractivity contribution in [1.82, 2.24) is 19.6 Å². The summed E-state index contributed by atoms with van der Waals surface area (Å²) in [6.45, 7) is -0.168. The smallest absolute Gasteiger partial charge is 0.170 e. The summed E-state index contributed by atoms with van der Waals surface area (Å²) in [6.07, 6.45) is 3.94. The van der Waals surface area contributed by atoms with Crippen LogP contribution in [0, 0.1) is 0 Å². The molecule has 0 unspecified atom stereocenters. The lowest BCUT2D eigenvalue weighted by Gasteiger charge is -2.14. The van der Waals surface area contributed by atoms with Crippen LogP contribution in [0.5, 0.6) is 0 Å². The van der Waals surface area contributed by atoms with Crippen LogP contribution in [0.2, 0.25) is 0 Å². The normalized spacial score (nSPS) is 14.9. The van der Waals surface area contributed by atoms with Crippen LogP contribution in [-0.2, 0) is 12.1 Å². The number of benzene rings is 2. The Morgan fingerprint density at radius 1 is 0.935 bits per heavy atom.